The number of nitrogens with zero attached hydrogens (tertiary/aromatic N) is 2. The summed E-state index contributed by atoms with van der Waals surface area (Å²) in [5, 5.41) is 9.62. The van der Waals surface area contributed by atoms with Gasteiger partial charge in [-0.25, -0.2) is 0 Å². The number of benzene rings is 1. The maximum Gasteiger partial charge on any atom is 0.282 e. The number of pyridine rings is 1. The molecule has 116 valence electrons. The first-order valence-corrected chi connectivity index (χ1v) is 7.29. The molecule has 1 heterocycles. The molecule has 0 radical (unpaired) electrons. The van der Waals surface area contributed by atoms with E-state index in [9.17, 15) is 10.0 Å². The maximum absolute atomic E-state index is 12.3. The SMILES string of the molecule is CCC(C)COc1ccccc1C(=O)N=c1ccccn1O. The van der Waals surface area contributed by atoms with Gasteiger partial charge in [0.05, 0.1) is 12.2 Å². The Hall–Kier alpha value is -2.56. The highest BCUT2D eigenvalue weighted by Crippen LogP contribution is 2.20. The first-order chi connectivity index (χ1) is 10.6. The van der Waals surface area contributed by atoms with Crippen LogP contribution in [0, 0.1) is 5.92 Å². The van der Waals surface area contributed by atoms with Crippen molar-refractivity contribution in [2.45, 2.75) is 20.3 Å². The summed E-state index contributed by atoms with van der Waals surface area (Å²) < 4.78 is 6.53. The molecule has 1 N–H and O–H groups in total. The zero-order chi connectivity index (χ0) is 15.9. The molecule has 0 aliphatic rings. The maximum atomic E-state index is 12.3. The number of carbonyl (C=O) groups excluding carboxylic acids is 1. The lowest BCUT2D eigenvalue weighted by Crippen LogP contribution is -2.19. The number of para-hydroxylation sites is 1. The van der Waals surface area contributed by atoms with E-state index in [2.05, 4.69) is 18.8 Å². The van der Waals surface area contributed by atoms with Gasteiger partial charge < -0.3 is 9.94 Å². The number of rotatable bonds is 5. The molecule has 0 saturated carbocycles. The summed E-state index contributed by atoms with van der Waals surface area (Å²) in [5.74, 6) is 0.472. The summed E-state index contributed by atoms with van der Waals surface area (Å²) in [6.45, 7) is 4.73. The predicted molar refractivity (Wildman–Crippen MR) is 82.9 cm³/mol. The predicted octanol–water partition coefficient (Wildman–Crippen LogP) is 2.89. The van der Waals surface area contributed by atoms with Crippen molar-refractivity contribution < 1.29 is 14.7 Å². The lowest BCUT2D eigenvalue weighted by Gasteiger charge is -2.12. The van der Waals surface area contributed by atoms with Crippen molar-refractivity contribution in [3.8, 4) is 5.75 Å². The van der Waals surface area contributed by atoms with Crippen molar-refractivity contribution in [1.29, 1.82) is 0 Å². The lowest BCUT2D eigenvalue weighted by atomic mass is 10.1. The third kappa shape index (κ3) is 3.97. The molecule has 0 bridgehead atoms. The molecular weight excluding hydrogens is 280 g/mol. The quantitative estimate of drug-likeness (QED) is 0.864. The summed E-state index contributed by atoms with van der Waals surface area (Å²) in [4.78, 5) is 16.3. The van der Waals surface area contributed by atoms with Crippen LogP contribution in [0.25, 0.3) is 0 Å². The number of ether oxygens (including phenoxy) is 1. The van der Waals surface area contributed by atoms with Gasteiger partial charge in [0.15, 0.2) is 5.49 Å². The second-order valence-corrected chi connectivity index (χ2v) is 5.14. The topological polar surface area (TPSA) is 63.8 Å². The standard InChI is InChI=1S/C17H20N2O3/c1-3-13(2)12-22-15-9-5-4-8-14(15)17(20)18-16-10-6-7-11-19(16)21/h4-11,13,21H,3,12H2,1-2H3. The Morgan fingerprint density at radius 3 is 2.73 bits per heavy atom. The summed E-state index contributed by atoms with van der Waals surface area (Å²) in [6, 6.07) is 11.9. The summed E-state index contributed by atoms with van der Waals surface area (Å²) in [6.07, 6.45) is 2.42. The second kappa shape index (κ2) is 7.45. The minimum Gasteiger partial charge on any atom is -0.492 e. The first kappa shape index (κ1) is 15.8. The Morgan fingerprint density at radius 1 is 1.27 bits per heavy atom. The fourth-order valence-corrected chi connectivity index (χ4v) is 1.80. The van der Waals surface area contributed by atoms with Crippen molar-refractivity contribution in [3.63, 3.8) is 0 Å². The molecular formula is C17H20N2O3. The normalized spacial score (nSPS) is 12.9. The Morgan fingerprint density at radius 2 is 2.00 bits per heavy atom. The fourth-order valence-electron chi connectivity index (χ4n) is 1.80. The molecule has 2 aromatic rings. The van der Waals surface area contributed by atoms with Gasteiger partial charge in [0.1, 0.15) is 5.75 Å². The van der Waals surface area contributed by atoms with Crippen LogP contribution >= 0.6 is 0 Å². The van der Waals surface area contributed by atoms with Gasteiger partial charge in [-0.1, -0.05) is 38.5 Å². The smallest absolute Gasteiger partial charge is 0.282 e. The van der Waals surface area contributed by atoms with Crippen LogP contribution in [0.3, 0.4) is 0 Å². The molecule has 0 aliphatic carbocycles. The monoisotopic (exact) mass is 300 g/mol. The van der Waals surface area contributed by atoms with Crippen molar-refractivity contribution in [3.05, 3.63) is 59.7 Å². The van der Waals surface area contributed by atoms with E-state index < -0.39 is 5.91 Å². The highest BCUT2D eigenvalue weighted by atomic mass is 16.5. The van der Waals surface area contributed by atoms with Crippen LogP contribution < -0.4 is 10.2 Å². The van der Waals surface area contributed by atoms with Crippen LogP contribution in [-0.4, -0.2) is 22.5 Å². The minimum absolute atomic E-state index is 0.171. The van der Waals surface area contributed by atoms with Crippen LogP contribution in [0.5, 0.6) is 5.75 Å². The average molecular weight is 300 g/mol. The minimum atomic E-state index is -0.450. The van der Waals surface area contributed by atoms with E-state index >= 15 is 0 Å². The zero-order valence-electron chi connectivity index (χ0n) is 12.8. The summed E-state index contributed by atoms with van der Waals surface area (Å²) >= 11 is 0. The summed E-state index contributed by atoms with van der Waals surface area (Å²) in [7, 11) is 0. The Bertz CT molecular complexity index is 707. The molecule has 0 fully saturated rings. The molecule has 1 aromatic carbocycles. The van der Waals surface area contributed by atoms with Crippen LogP contribution in [0.4, 0.5) is 0 Å². The first-order valence-electron chi connectivity index (χ1n) is 7.29. The number of carbonyl (C=O) groups is 1. The van der Waals surface area contributed by atoms with Crippen molar-refractivity contribution in [2.75, 3.05) is 6.61 Å². The Kier molecular flexibility index (Phi) is 5.36. The van der Waals surface area contributed by atoms with E-state index in [4.69, 9.17) is 4.74 Å². The number of aromatic nitrogens is 1. The van der Waals surface area contributed by atoms with Gasteiger partial charge in [-0.05, 0) is 30.2 Å². The van der Waals surface area contributed by atoms with Gasteiger partial charge in [0, 0.05) is 6.20 Å². The molecule has 1 atom stereocenters. The molecule has 0 saturated heterocycles. The van der Waals surface area contributed by atoms with Crippen molar-refractivity contribution in [1.82, 2.24) is 4.73 Å². The zero-order valence-corrected chi connectivity index (χ0v) is 12.8. The Labute approximate surface area is 129 Å². The summed E-state index contributed by atoms with van der Waals surface area (Å²) in [5.41, 5.74) is 0.555. The molecule has 1 unspecified atom stereocenters. The van der Waals surface area contributed by atoms with E-state index in [1.54, 1.807) is 36.4 Å². The van der Waals surface area contributed by atoms with Gasteiger partial charge >= 0.3 is 0 Å². The molecule has 0 spiro atoms. The molecule has 22 heavy (non-hydrogen) atoms. The Balaban J connectivity index is 2.27. The van der Waals surface area contributed by atoms with E-state index in [0.717, 1.165) is 11.2 Å². The molecule has 5 heteroatoms. The number of hydrogen-bond donors (Lipinski definition) is 1. The van der Waals surface area contributed by atoms with Gasteiger partial charge in [-0.2, -0.15) is 9.72 Å². The van der Waals surface area contributed by atoms with E-state index in [-0.39, 0.29) is 5.49 Å². The third-order valence-electron chi connectivity index (χ3n) is 3.37. The number of amides is 1. The second-order valence-electron chi connectivity index (χ2n) is 5.14. The van der Waals surface area contributed by atoms with Crippen LogP contribution in [0.1, 0.15) is 30.6 Å². The average Bonchev–Trinajstić information content (AvgIpc) is 2.55. The van der Waals surface area contributed by atoms with Gasteiger partial charge in [-0.3, -0.25) is 4.79 Å². The largest absolute Gasteiger partial charge is 0.492 e. The van der Waals surface area contributed by atoms with Gasteiger partial charge in [0.2, 0.25) is 0 Å². The lowest BCUT2D eigenvalue weighted by molar-refractivity contribution is 0.0983. The van der Waals surface area contributed by atoms with Gasteiger partial charge in [-0.15, -0.1) is 0 Å². The highest BCUT2D eigenvalue weighted by Gasteiger charge is 2.12. The van der Waals surface area contributed by atoms with Crippen LogP contribution in [-0.2, 0) is 0 Å². The van der Waals surface area contributed by atoms with E-state index in [1.807, 2.05) is 6.07 Å². The molecule has 5 nitrogen and oxygen atoms in total. The third-order valence-corrected chi connectivity index (χ3v) is 3.37. The van der Waals surface area contributed by atoms with Crippen LogP contribution in [0.2, 0.25) is 0 Å². The molecule has 2 rings (SSSR count). The van der Waals surface area contributed by atoms with Crippen molar-refractivity contribution in [2.24, 2.45) is 10.9 Å². The molecule has 0 aliphatic heterocycles. The van der Waals surface area contributed by atoms with E-state index in [0.29, 0.717) is 23.8 Å². The van der Waals surface area contributed by atoms with Crippen LogP contribution in [0.15, 0.2) is 53.7 Å². The fraction of sp³-hybridized carbons (Fsp3) is 0.294. The van der Waals surface area contributed by atoms with E-state index in [1.165, 1.54) is 6.20 Å². The molecule has 1 aromatic heterocycles. The highest BCUT2D eigenvalue weighted by molar-refractivity contribution is 5.97. The number of hydrogen-bond acceptors (Lipinski definition) is 3. The van der Waals surface area contributed by atoms with Crippen molar-refractivity contribution >= 4 is 5.91 Å². The van der Waals surface area contributed by atoms with Gasteiger partial charge in [0.25, 0.3) is 5.91 Å². The molecule has 1 amide bonds.